The molecule has 0 aliphatic heterocycles. The molecule has 0 radical (unpaired) electrons. The lowest BCUT2D eigenvalue weighted by Crippen LogP contribution is -2.39. The second-order valence-corrected chi connectivity index (χ2v) is 8.20. The smallest absolute Gasteiger partial charge is 0.227 e. The van der Waals surface area contributed by atoms with Crippen LogP contribution < -0.4 is 4.74 Å². The van der Waals surface area contributed by atoms with Gasteiger partial charge < -0.3 is 14.6 Å². The Hall–Kier alpha value is -2.74. The zero-order chi connectivity index (χ0) is 23.8. The highest BCUT2D eigenvalue weighted by atomic mass is 19.1. The normalized spacial score (nSPS) is 12.5. The highest BCUT2D eigenvalue weighted by Crippen LogP contribution is 2.33. The van der Waals surface area contributed by atoms with Crippen LogP contribution in [0.5, 0.6) is 11.6 Å². The van der Waals surface area contributed by atoms with Crippen LogP contribution in [0.25, 0.3) is 5.69 Å². The zero-order valence-corrected chi connectivity index (χ0v) is 19.9. The molecule has 0 bridgehead atoms. The van der Waals surface area contributed by atoms with Crippen LogP contribution in [0.3, 0.4) is 0 Å². The Morgan fingerprint density at radius 2 is 1.76 bits per heavy atom. The molecule has 0 spiro atoms. The van der Waals surface area contributed by atoms with Crippen molar-refractivity contribution in [2.24, 2.45) is 0 Å². The van der Waals surface area contributed by atoms with Gasteiger partial charge in [-0.2, -0.15) is 5.10 Å². The molecule has 0 aliphatic carbocycles. The fourth-order valence-electron chi connectivity index (χ4n) is 3.64. The van der Waals surface area contributed by atoms with Gasteiger partial charge in [-0.05, 0) is 51.5 Å². The number of aromatic nitrogens is 2. The second-order valence-electron chi connectivity index (χ2n) is 8.20. The lowest BCUT2D eigenvalue weighted by molar-refractivity contribution is 0.0131. The molecular formula is C26H34FN3O3. The predicted molar refractivity (Wildman–Crippen MR) is 127 cm³/mol. The molecule has 6 nitrogen and oxygen atoms in total. The number of halogens is 1. The third-order valence-corrected chi connectivity index (χ3v) is 5.45. The van der Waals surface area contributed by atoms with E-state index in [4.69, 9.17) is 14.6 Å². The SMILES string of the molecule is CCOC[C@@H](O)CN(Cc1c(CC)nn(-c2ccccc2)c1Oc1ccccc1F)C(C)C. The average molecular weight is 456 g/mol. The van der Waals surface area contributed by atoms with E-state index >= 15 is 0 Å². The first-order valence-electron chi connectivity index (χ1n) is 11.5. The molecule has 1 heterocycles. The molecule has 7 heteroatoms. The number of hydrogen-bond acceptors (Lipinski definition) is 5. The van der Waals surface area contributed by atoms with Crippen molar-refractivity contribution in [1.29, 1.82) is 0 Å². The fraction of sp³-hybridized carbons (Fsp3) is 0.423. The molecule has 0 amide bonds. The van der Waals surface area contributed by atoms with Crippen molar-refractivity contribution in [3.05, 3.63) is 71.7 Å². The first kappa shape index (κ1) is 24.9. The van der Waals surface area contributed by atoms with Gasteiger partial charge in [0.05, 0.1) is 29.7 Å². The van der Waals surface area contributed by atoms with Crippen LogP contribution in [0.1, 0.15) is 39.0 Å². The van der Waals surface area contributed by atoms with Crippen molar-refractivity contribution < 1.29 is 19.0 Å². The summed E-state index contributed by atoms with van der Waals surface area (Å²) in [5, 5.41) is 15.3. The lowest BCUT2D eigenvalue weighted by Gasteiger charge is -2.29. The van der Waals surface area contributed by atoms with E-state index in [0.29, 0.717) is 32.0 Å². The Morgan fingerprint density at radius 1 is 1.06 bits per heavy atom. The minimum Gasteiger partial charge on any atom is -0.435 e. The van der Waals surface area contributed by atoms with Crippen LogP contribution in [0.2, 0.25) is 0 Å². The quantitative estimate of drug-likeness (QED) is 0.418. The molecule has 33 heavy (non-hydrogen) atoms. The second kappa shape index (κ2) is 11.9. The van der Waals surface area contributed by atoms with Crippen LogP contribution in [-0.4, -0.2) is 51.7 Å². The van der Waals surface area contributed by atoms with E-state index in [9.17, 15) is 9.50 Å². The minimum absolute atomic E-state index is 0.144. The summed E-state index contributed by atoms with van der Waals surface area (Å²) in [6, 6.07) is 16.2. The maximum Gasteiger partial charge on any atom is 0.227 e. The van der Waals surface area contributed by atoms with Crippen molar-refractivity contribution in [1.82, 2.24) is 14.7 Å². The number of nitrogens with zero attached hydrogens (tertiary/aromatic N) is 3. The van der Waals surface area contributed by atoms with Gasteiger partial charge in [0.25, 0.3) is 0 Å². The Labute approximate surface area is 195 Å². The van der Waals surface area contributed by atoms with E-state index in [-0.39, 0.29) is 18.4 Å². The molecule has 0 saturated carbocycles. The highest BCUT2D eigenvalue weighted by molar-refractivity contribution is 5.44. The predicted octanol–water partition coefficient (Wildman–Crippen LogP) is 4.97. The number of aliphatic hydroxyl groups is 1. The van der Waals surface area contributed by atoms with Gasteiger partial charge in [-0.25, -0.2) is 9.07 Å². The minimum atomic E-state index is -0.613. The molecule has 1 atom stereocenters. The third kappa shape index (κ3) is 6.41. The summed E-state index contributed by atoms with van der Waals surface area (Å²) in [4.78, 5) is 2.16. The fourth-order valence-corrected chi connectivity index (χ4v) is 3.64. The highest BCUT2D eigenvalue weighted by Gasteiger charge is 2.25. The lowest BCUT2D eigenvalue weighted by atomic mass is 10.1. The van der Waals surface area contributed by atoms with E-state index in [1.54, 1.807) is 22.9 Å². The Morgan fingerprint density at radius 3 is 2.39 bits per heavy atom. The Kier molecular flexibility index (Phi) is 9.00. The molecule has 0 aliphatic rings. The van der Waals surface area contributed by atoms with Crippen molar-refractivity contribution in [3.63, 3.8) is 0 Å². The monoisotopic (exact) mass is 455 g/mol. The summed E-state index contributed by atoms with van der Waals surface area (Å²) >= 11 is 0. The molecule has 0 unspecified atom stereocenters. The van der Waals surface area contributed by atoms with Gasteiger partial charge in [0, 0.05) is 25.7 Å². The van der Waals surface area contributed by atoms with Crippen molar-refractivity contribution >= 4 is 0 Å². The summed E-state index contributed by atoms with van der Waals surface area (Å²) in [5.41, 5.74) is 2.58. The molecule has 1 aromatic heterocycles. The Balaban J connectivity index is 2.03. The number of para-hydroxylation sites is 2. The molecule has 3 rings (SSSR count). The van der Waals surface area contributed by atoms with Crippen LogP contribution >= 0.6 is 0 Å². The van der Waals surface area contributed by atoms with Gasteiger partial charge in [-0.15, -0.1) is 0 Å². The number of aryl methyl sites for hydroxylation is 1. The van der Waals surface area contributed by atoms with Gasteiger partial charge in [0.15, 0.2) is 11.6 Å². The van der Waals surface area contributed by atoms with E-state index in [1.807, 2.05) is 44.2 Å². The van der Waals surface area contributed by atoms with Crippen LogP contribution in [0.4, 0.5) is 4.39 Å². The van der Waals surface area contributed by atoms with Crippen LogP contribution in [0.15, 0.2) is 54.6 Å². The van der Waals surface area contributed by atoms with E-state index in [0.717, 1.165) is 16.9 Å². The Bertz CT molecular complexity index is 1010. The van der Waals surface area contributed by atoms with Crippen LogP contribution in [-0.2, 0) is 17.7 Å². The van der Waals surface area contributed by atoms with E-state index in [1.165, 1.54) is 6.07 Å². The molecule has 2 aromatic carbocycles. The zero-order valence-electron chi connectivity index (χ0n) is 19.9. The van der Waals surface area contributed by atoms with E-state index in [2.05, 4.69) is 18.7 Å². The van der Waals surface area contributed by atoms with Gasteiger partial charge in [-0.1, -0.05) is 37.3 Å². The van der Waals surface area contributed by atoms with Gasteiger partial charge in [0.1, 0.15) is 0 Å². The summed E-state index contributed by atoms with van der Waals surface area (Å²) in [7, 11) is 0. The number of benzene rings is 2. The maximum atomic E-state index is 14.5. The molecule has 0 saturated heterocycles. The number of ether oxygens (including phenoxy) is 2. The third-order valence-electron chi connectivity index (χ3n) is 5.45. The van der Waals surface area contributed by atoms with Crippen molar-refractivity contribution in [2.75, 3.05) is 19.8 Å². The summed E-state index contributed by atoms with van der Waals surface area (Å²) < 4.78 is 27.8. The molecule has 1 N–H and O–H groups in total. The maximum absolute atomic E-state index is 14.5. The first-order chi connectivity index (χ1) is 15.9. The van der Waals surface area contributed by atoms with E-state index < -0.39 is 11.9 Å². The summed E-state index contributed by atoms with van der Waals surface area (Å²) in [5.74, 6) is 0.189. The summed E-state index contributed by atoms with van der Waals surface area (Å²) in [6.07, 6.45) is 0.0773. The number of aliphatic hydroxyl groups excluding tert-OH is 1. The molecular weight excluding hydrogens is 421 g/mol. The van der Waals surface area contributed by atoms with Crippen LogP contribution in [0, 0.1) is 5.82 Å². The number of rotatable bonds is 12. The standard InChI is InChI=1S/C26H34FN3O3/c1-5-24-22(17-29(19(3)4)16-21(31)18-32-6-2)26(33-25-15-11-10-14-23(25)27)30(28-24)20-12-8-7-9-13-20/h7-15,19,21,31H,5-6,16-18H2,1-4H3/t21-/m0/s1. The number of hydrogen-bond donors (Lipinski definition) is 1. The van der Waals surface area contributed by atoms with Gasteiger partial charge in [-0.3, -0.25) is 4.90 Å². The molecule has 3 aromatic rings. The largest absolute Gasteiger partial charge is 0.435 e. The topological polar surface area (TPSA) is 59.8 Å². The van der Waals surface area contributed by atoms with Gasteiger partial charge in [0.2, 0.25) is 5.88 Å². The van der Waals surface area contributed by atoms with Gasteiger partial charge >= 0.3 is 0 Å². The molecule has 0 fully saturated rings. The van der Waals surface area contributed by atoms with Crippen molar-refractivity contribution in [3.8, 4) is 17.3 Å². The average Bonchev–Trinajstić information content (AvgIpc) is 3.16. The first-order valence-corrected chi connectivity index (χ1v) is 11.5. The van der Waals surface area contributed by atoms with Crippen molar-refractivity contribution in [2.45, 2.75) is 52.8 Å². The summed E-state index contributed by atoms with van der Waals surface area (Å²) in [6.45, 7) is 9.89. The molecule has 178 valence electrons.